The molecule has 0 aromatic rings. The molecule has 1 saturated heterocycles. The molecule has 1 heterocycles. The van der Waals surface area contributed by atoms with Crippen LogP contribution in [0.4, 0.5) is 0 Å². The molecule has 5 nitrogen and oxygen atoms in total. The molecular weight excluding hydrogens is 312 g/mol. The Balaban J connectivity index is 0.00000220. The minimum atomic E-state index is -3.09. The highest BCUT2D eigenvalue weighted by molar-refractivity contribution is 7.91. The molecule has 1 saturated carbocycles. The van der Waals surface area contributed by atoms with Crippen molar-refractivity contribution >= 4 is 28.2 Å². The van der Waals surface area contributed by atoms with Crippen molar-refractivity contribution in [2.75, 3.05) is 26.4 Å². The number of hydrogen-bond donors (Lipinski definition) is 1. The van der Waals surface area contributed by atoms with Crippen LogP contribution in [0.25, 0.3) is 0 Å². The molecule has 0 spiro atoms. The normalized spacial score (nSPS) is 30.3. The smallest absolute Gasteiger partial charge is 0.226 e. The summed E-state index contributed by atoms with van der Waals surface area (Å²) in [4.78, 5) is 14.3. The van der Waals surface area contributed by atoms with Gasteiger partial charge in [0.05, 0.1) is 11.2 Å². The van der Waals surface area contributed by atoms with Crippen LogP contribution in [-0.4, -0.2) is 56.9 Å². The van der Waals surface area contributed by atoms with Gasteiger partial charge in [-0.3, -0.25) is 4.79 Å². The van der Waals surface area contributed by atoms with E-state index in [2.05, 4.69) is 5.32 Å². The average molecular weight is 339 g/mol. The van der Waals surface area contributed by atoms with E-state index in [0.717, 1.165) is 45.2 Å². The van der Waals surface area contributed by atoms with Gasteiger partial charge in [0.25, 0.3) is 0 Å². The fourth-order valence-corrected chi connectivity index (χ4v) is 5.02. The van der Waals surface area contributed by atoms with Gasteiger partial charge in [-0.1, -0.05) is 12.8 Å². The summed E-state index contributed by atoms with van der Waals surface area (Å²) in [6.45, 7) is 1.70. The lowest BCUT2D eigenvalue weighted by Gasteiger charge is -2.39. The van der Waals surface area contributed by atoms with Crippen molar-refractivity contribution in [1.29, 1.82) is 0 Å². The zero-order valence-corrected chi connectivity index (χ0v) is 14.5. The lowest BCUT2D eigenvalue weighted by Crippen LogP contribution is -2.52. The summed E-state index contributed by atoms with van der Waals surface area (Å²) in [6.07, 6.45) is 6.68. The fraction of sp³-hybridized carbons (Fsp3) is 0.929. The highest BCUT2D eigenvalue weighted by Crippen LogP contribution is 2.28. The van der Waals surface area contributed by atoms with Crippen LogP contribution >= 0.6 is 12.4 Å². The van der Waals surface area contributed by atoms with Crippen LogP contribution in [0.3, 0.4) is 0 Å². The molecule has 3 atom stereocenters. The van der Waals surface area contributed by atoms with E-state index in [0.29, 0.717) is 6.42 Å². The summed E-state index contributed by atoms with van der Waals surface area (Å²) in [7, 11) is -1.31. The number of hydrogen-bond acceptors (Lipinski definition) is 4. The molecule has 3 unspecified atom stereocenters. The molecule has 2 aliphatic rings. The van der Waals surface area contributed by atoms with Crippen molar-refractivity contribution in [2.45, 2.75) is 49.8 Å². The molecule has 124 valence electrons. The first kappa shape index (κ1) is 18.7. The Bertz CT molecular complexity index is 449. The van der Waals surface area contributed by atoms with Crippen molar-refractivity contribution in [2.24, 2.45) is 5.92 Å². The molecule has 0 bridgehead atoms. The molecule has 2 rings (SSSR count). The van der Waals surface area contributed by atoms with Crippen LogP contribution in [-0.2, 0) is 14.6 Å². The first-order valence-electron chi connectivity index (χ1n) is 7.57. The van der Waals surface area contributed by atoms with Gasteiger partial charge in [-0.2, -0.15) is 0 Å². The van der Waals surface area contributed by atoms with E-state index < -0.39 is 9.84 Å². The van der Waals surface area contributed by atoms with E-state index in [9.17, 15) is 13.2 Å². The van der Waals surface area contributed by atoms with E-state index in [1.54, 1.807) is 11.9 Å². The summed E-state index contributed by atoms with van der Waals surface area (Å²) >= 11 is 0. The number of nitrogens with one attached hydrogen (secondary N) is 1. The van der Waals surface area contributed by atoms with Crippen molar-refractivity contribution in [3.05, 3.63) is 0 Å². The SMILES string of the molecule is CN(C(=O)C1CCCNC1)C1CCCCC1S(C)(=O)=O.Cl. The summed E-state index contributed by atoms with van der Waals surface area (Å²) in [5.41, 5.74) is 0. The summed E-state index contributed by atoms with van der Waals surface area (Å²) in [5.74, 6) is 0.119. The second-order valence-electron chi connectivity index (χ2n) is 6.21. The van der Waals surface area contributed by atoms with Gasteiger partial charge in [-0.25, -0.2) is 8.42 Å². The summed E-state index contributed by atoms with van der Waals surface area (Å²) < 4.78 is 23.9. The Morgan fingerprint density at radius 3 is 2.38 bits per heavy atom. The summed E-state index contributed by atoms with van der Waals surface area (Å²) in [5, 5.41) is 2.86. The third-order valence-electron chi connectivity index (χ3n) is 4.71. The van der Waals surface area contributed by atoms with Crippen LogP contribution < -0.4 is 5.32 Å². The number of carbonyl (C=O) groups is 1. The van der Waals surface area contributed by atoms with Crippen LogP contribution in [0.5, 0.6) is 0 Å². The van der Waals surface area contributed by atoms with Crippen LogP contribution in [0, 0.1) is 5.92 Å². The first-order chi connectivity index (χ1) is 9.41. The van der Waals surface area contributed by atoms with Crippen molar-refractivity contribution < 1.29 is 13.2 Å². The molecule has 0 radical (unpaired) electrons. The Labute approximate surface area is 134 Å². The van der Waals surface area contributed by atoms with Crippen molar-refractivity contribution in [1.82, 2.24) is 10.2 Å². The zero-order valence-electron chi connectivity index (χ0n) is 12.9. The van der Waals surface area contributed by atoms with Gasteiger partial charge < -0.3 is 10.2 Å². The third kappa shape index (κ3) is 4.57. The average Bonchev–Trinajstić information content (AvgIpc) is 2.46. The van der Waals surface area contributed by atoms with Gasteiger partial charge in [0.2, 0.25) is 5.91 Å². The fourth-order valence-electron chi connectivity index (χ4n) is 3.53. The summed E-state index contributed by atoms with van der Waals surface area (Å²) in [6, 6.07) is -0.145. The highest BCUT2D eigenvalue weighted by atomic mass is 35.5. The number of rotatable bonds is 3. The van der Waals surface area contributed by atoms with Gasteiger partial charge in [0.1, 0.15) is 0 Å². The van der Waals surface area contributed by atoms with Gasteiger partial charge in [-0.05, 0) is 32.2 Å². The minimum absolute atomic E-state index is 0. The van der Waals surface area contributed by atoms with Crippen LogP contribution in [0.15, 0.2) is 0 Å². The zero-order chi connectivity index (χ0) is 14.8. The Hall–Kier alpha value is -0.330. The lowest BCUT2D eigenvalue weighted by molar-refractivity contribution is -0.137. The number of amides is 1. The molecule has 1 amide bonds. The number of sulfone groups is 1. The maximum absolute atomic E-state index is 12.6. The second kappa shape index (κ2) is 7.79. The Morgan fingerprint density at radius 1 is 1.14 bits per heavy atom. The lowest BCUT2D eigenvalue weighted by atomic mass is 9.91. The number of nitrogens with zero attached hydrogens (tertiary/aromatic N) is 1. The van der Waals surface area contributed by atoms with Crippen molar-refractivity contribution in [3.63, 3.8) is 0 Å². The minimum Gasteiger partial charge on any atom is -0.341 e. The van der Waals surface area contributed by atoms with Crippen LogP contribution in [0.2, 0.25) is 0 Å². The molecule has 1 N–H and O–H groups in total. The predicted octanol–water partition coefficient (Wildman–Crippen LogP) is 1.22. The number of carbonyl (C=O) groups excluding carboxylic acids is 1. The van der Waals surface area contributed by atoms with E-state index in [1.165, 1.54) is 6.26 Å². The quantitative estimate of drug-likeness (QED) is 0.840. The molecule has 1 aliphatic carbocycles. The topological polar surface area (TPSA) is 66.5 Å². The Morgan fingerprint density at radius 2 is 1.81 bits per heavy atom. The van der Waals surface area contributed by atoms with Gasteiger partial charge in [0, 0.05) is 25.9 Å². The van der Waals surface area contributed by atoms with E-state index in [4.69, 9.17) is 0 Å². The van der Waals surface area contributed by atoms with E-state index in [1.807, 2.05) is 0 Å². The first-order valence-corrected chi connectivity index (χ1v) is 9.53. The molecule has 21 heavy (non-hydrogen) atoms. The molecule has 0 aromatic carbocycles. The third-order valence-corrected chi connectivity index (χ3v) is 6.36. The highest BCUT2D eigenvalue weighted by Gasteiger charge is 2.38. The maximum Gasteiger partial charge on any atom is 0.226 e. The molecule has 2 fully saturated rings. The molecule has 7 heteroatoms. The Kier molecular flexibility index (Phi) is 6.94. The largest absolute Gasteiger partial charge is 0.341 e. The van der Waals surface area contributed by atoms with E-state index in [-0.39, 0.29) is 35.5 Å². The van der Waals surface area contributed by atoms with Gasteiger partial charge in [-0.15, -0.1) is 12.4 Å². The predicted molar refractivity (Wildman–Crippen MR) is 86.5 cm³/mol. The second-order valence-corrected chi connectivity index (χ2v) is 8.48. The van der Waals surface area contributed by atoms with Crippen molar-refractivity contribution in [3.8, 4) is 0 Å². The monoisotopic (exact) mass is 338 g/mol. The van der Waals surface area contributed by atoms with Gasteiger partial charge in [0.15, 0.2) is 9.84 Å². The van der Waals surface area contributed by atoms with E-state index >= 15 is 0 Å². The molecule has 0 aromatic heterocycles. The van der Waals surface area contributed by atoms with Crippen LogP contribution in [0.1, 0.15) is 38.5 Å². The van der Waals surface area contributed by atoms with Gasteiger partial charge >= 0.3 is 0 Å². The number of halogens is 1. The standard InChI is InChI=1S/C14H26N2O3S.ClH/c1-16(14(17)11-6-5-9-15-10-11)12-7-3-4-8-13(12)20(2,18)19;/h11-13,15H,3-10H2,1-2H3;1H. The molecular formula is C14H27ClN2O3S. The molecule has 1 aliphatic heterocycles. The maximum atomic E-state index is 12.6. The number of piperidine rings is 1.